The second kappa shape index (κ2) is 4.61. The zero-order chi connectivity index (χ0) is 11.4. The first-order chi connectivity index (χ1) is 7.81. The molecule has 1 aromatic heterocycles. The smallest absolute Gasteiger partial charge is 0.264 e. The summed E-state index contributed by atoms with van der Waals surface area (Å²) in [5, 5.41) is 6.12. The topological polar surface area (TPSA) is 55.0 Å². The number of hydrogen-bond acceptors (Lipinski definition) is 3. The molecular formula is C12H12N2O2. The van der Waals surface area contributed by atoms with Gasteiger partial charge in [-0.2, -0.15) is 5.10 Å². The Bertz CT molecular complexity index is 534. The Balaban J connectivity index is 2.51. The van der Waals surface area contributed by atoms with Crippen LogP contribution in [-0.2, 0) is 0 Å². The van der Waals surface area contributed by atoms with Gasteiger partial charge in [-0.15, -0.1) is 0 Å². The van der Waals surface area contributed by atoms with Crippen LogP contribution in [0.5, 0.6) is 5.75 Å². The Morgan fingerprint density at radius 2 is 2.19 bits per heavy atom. The minimum absolute atomic E-state index is 0.219. The molecule has 1 heterocycles. The third-order valence-corrected chi connectivity index (χ3v) is 2.16. The number of ether oxygens (including phenoxy) is 1. The first-order valence-corrected chi connectivity index (χ1v) is 5.08. The molecule has 0 fully saturated rings. The van der Waals surface area contributed by atoms with Crippen LogP contribution in [0.4, 0.5) is 0 Å². The number of nitrogens with one attached hydrogen (secondary N) is 1. The van der Waals surface area contributed by atoms with Crippen molar-refractivity contribution >= 4 is 0 Å². The van der Waals surface area contributed by atoms with Gasteiger partial charge in [-0.25, -0.2) is 5.10 Å². The predicted octanol–water partition coefficient (Wildman–Crippen LogP) is 1.84. The molecule has 0 unspecified atom stereocenters. The van der Waals surface area contributed by atoms with Crippen LogP contribution < -0.4 is 10.3 Å². The average Bonchev–Trinajstić information content (AvgIpc) is 2.30. The zero-order valence-electron chi connectivity index (χ0n) is 8.93. The van der Waals surface area contributed by atoms with Crippen molar-refractivity contribution < 1.29 is 4.74 Å². The van der Waals surface area contributed by atoms with Crippen molar-refractivity contribution in [2.45, 2.75) is 6.92 Å². The number of aromatic amines is 1. The summed E-state index contributed by atoms with van der Waals surface area (Å²) in [6, 6.07) is 9.08. The molecule has 0 bridgehead atoms. The molecule has 0 aliphatic carbocycles. The van der Waals surface area contributed by atoms with Gasteiger partial charge in [0.1, 0.15) is 5.75 Å². The number of rotatable bonds is 3. The van der Waals surface area contributed by atoms with E-state index >= 15 is 0 Å². The second-order valence-electron chi connectivity index (χ2n) is 3.26. The van der Waals surface area contributed by atoms with Gasteiger partial charge >= 0.3 is 0 Å². The summed E-state index contributed by atoms with van der Waals surface area (Å²) in [7, 11) is 0. The Labute approximate surface area is 92.9 Å². The third kappa shape index (κ3) is 2.11. The third-order valence-electron chi connectivity index (χ3n) is 2.16. The number of aromatic nitrogens is 2. The maximum atomic E-state index is 11.2. The van der Waals surface area contributed by atoms with Crippen LogP contribution in [0.25, 0.3) is 11.1 Å². The summed E-state index contributed by atoms with van der Waals surface area (Å²) in [5.41, 5.74) is 1.42. The molecule has 0 saturated heterocycles. The molecular weight excluding hydrogens is 204 g/mol. The standard InChI is InChI=1S/C12H12N2O2/c1-2-16-11-6-4-3-5-10(11)9-7-12(15)14-13-8-9/h3-8H,2H2,1H3,(H,14,15). The Morgan fingerprint density at radius 3 is 2.94 bits per heavy atom. The fraction of sp³-hybridized carbons (Fsp3) is 0.167. The summed E-state index contributed by atoms with van der Waals surface area (Å²) >= 11 is 0. The molecule has 16 heavy (non-hydrogen) atoms. The SMILES string of the molecule is CCOc1ccccc1-c1cn[nH]c(=O)c1. The van der Waals surface area contributed by atoms with Crippen LogP contribution in [0, 0.1) is 0 Å². The number of H-pyrrole nitrogens is 1. The fourth-order valence-corrected chi connectivity index (χ4v) is 1.51. The van der Waals surface area contributed by atoms with Crippen molar-refractivity contribution in [3.05, 3.63) is 46.9 Å². The van der Waals surface area contributed by atoms with Gasteiger partial charge < -0.3 is 4.74 Å². The van der Waals surface area contributed by atoms with E-state index in [9.17, 15) is 4.79 Å². The van der Waals surface area contributed by atoms with E-state index < -0.39 is 0 Å². The molecule has 82 valence electrons. The highest BCUT2D eigenvalue weighted by molar-refractivity contribution is 5.69. The average molecular weight is 216 g/mol. The monoisotopic (exact) mass is 216 g/mol. The van der Waals surface area contributed by atoms with Gasteiger partial charge in [0.15, 0.2) is 0 Å². The van der Waals surface area contributed by atoms with E-state index in [2.05, 4.69) is 10.2 Å². The lowest BCUT2D eigenvalue weighted by atomic mass is 10.1. The van der Waals surface area contributed by atoms with Crippen molar-refractivity contribution in [3.63, 3.8) is 0 Å². The van der Waals surface area contributed by atoms with Crippen LogP contribution in [0.3, 0.4) is 0 Å². The Hall–Kier alpha value is -2.10. The number of nitrogens with zero attached hydrogens (tertiary/aromatic N) is 1. The van der Waals surface area contributed by atoms with E-state index in [4.69, 9.17) is 4.74 Å². The Morgan fingerprint density at radius 1 is 1.38 bits per heavy atom. The number of para-hydroxylation sites is 1. The molecule has 1 aromatic carbocycles. The van der Waals surface area contributed by atoms with Gasteiger partial charge in [0.05, 0.1) is 12.8 Å². The molecule has 0 saturated carbocycles. The zero-order valence-corrected chi connectivity index (χ0v) is 8.93. The van der Waals surface area contributed by atoms with Crippen LogP contribution in [-0.4, -0.2) is 16.8 Å². The van der Waals surface area contributed by atoms with Gasteiger partial charge in [0.2, 0.25) is 0 Å². The normalized spacial score (nSPS) is 10.1. The molecule has 0 aliphatic heterocycles. The first-order valence-electron chi connectivity index (χ1n) is 5.08. The number of hydrogen-bond donors (Lipinski definition) is 1. The van der Waals surface area contributed by atoms with Crippen molar-refractivity contribution in [1.29, 1.82) is 0 Å². The minimum Gasteiger partial charge on any atom is -0.493 e. The summed E-state index contributed by atoms with van der Waals surface area (Å²) in [6.45, 7) is 2.51. The lowest BCUT2D eigenvalue weighted by Crippen LogP contribution is -2.06. The lowest BCUT2D eigenvalue weighted by molar-refractivity contribution is 0.341. The maximum absolute atomic E-state index is 11.2. The van der Waals surface area contributed by atoms with E-state index in [0.29, 0.717) is 6.61 Å². The van der Waals surface area contributed by atoms with Crippen molar-refractivity contribution in [1.82, 2.24) is 10.2 Å². The quantitative estimate of drug-likeness (QED) is 0.851. The second-order valence-corrected chi connectivity index (χ2v) is 3.26. The molecule has 2 rings (SSSR count). The van der Waals surface area contributed by atoms with Crippen LogP contribution >= 0.6 is 0 Å². The first kappa shape index (κ1) is 10.4. The molecule has 4 nitrogen and oxygen atoms in total. The van der Waals surface area contributed by atoms with Gasteiger partial charge in [0, 0.05) is 17.2 Å². The van der Waals surface area contributed by atoms with E-state index in [1.54, 1.807) is 6.20 Å². The van der Waals surface area contributed by atoms with E-state index in [1.807, 2.05) is 31.2 Å². The molecule has 0 spiro atoms. The van der Waals surface area contributed by atoms with Gasteiger partial charge in [0.25, 0.3) is 5.56 Å². The molecule has 0 radical (unpaired) electrons. The minimum atomic E-state index is -0.219. The summed E-state index contributed by atoms with van der Waals surface area (Å²) in [4.78, 5) is 11.2. The van der Waals surface area contributed by atoms with E-state index in [-0.39, 0.29) is 5.56 Å². The fourth-order valence-electron chi connectivity index (χ4n) is 1.51. The highest BCUT2D eigenvalue weighted by Gasteiger charge is 2.05. The molecule has 0 aliphatic rings. The van der Waals surface area contributed by atoms with Crippen molar-refractivity contribution in [2.24, 2.45) is 0 Å². The molecule has 0 amide bonds. The summed E-state index contributed by atoms with van der Waals surface area (Å²) in [5.74, 6) is 0.761. The Kier molecular flexibility index (Phi) is 3.00. The molecule has 4 heteroatoms. The predicted molar refractivity (Wildman–Crippen MR) is 61.5 cm³/mol. The largest absolute Gasteiger partial charge is 0.493 e. The van der Waals surface area contributed by atoms with Gasteiger partial charge in [-0.05, 0) is 13.0 Å². The van der Waals surface area contributed by atoms with Crippen LogP contribution in [0.2, 0.25) is 0 Å². The van der Waals surface area contributed by atoms with E-state index in [0.717, 1.165) is 16.9 Å². The summed E-state index contributed by atoms with van der Waals surface area (Å²) < 4.78 is 5.49. The van der Waals surface area contributed by atoms with Crippen LogP contribution in [0.15, 0.2) is 41.3 Å². The molecule has 0 atom stereocenters. The van der Waals surface area contributed by atoms with Crippen molar-refractivity contribution in [2.75, 3.05) is 6.61 Å². The van der Waals surface area contributed by atoms with Gasteiger partial charge in [-0.1, -0.05) is 18.2 Å². The molecule has 2 aromatic rings. The van der Waals surface area contributed by atoms with Gasteiger partial charge in [-0.3, -0.25) is 4.79 Å². The lowest BCUT2D eigenvalue weighted by Gasteiger charge is -2.08. The van der Waals surface area contributed by atoms with Crippen molar-refractivity contribution in [3.8, 4) is 16.9 Å². The number of benzene rings is 1. The van der Waals surface area contributed by atoms with E-state index in [1.165, 1.54) is 6.07 Å². The highest BCUT2D eigenvalue weighted by Crippen LogP contribution is 2.28. The maximum Gasteiger partial charge on any atom is 0.264 e. The highest BCUT2D eigenvalue weighted by atomic mass is 16.5. The summed E-state index contributed by atoms with van der Waals surface area (Å²) in [6.07, 6.45) is 1.61. The molecule has 1 N–H and O–H groups in total. The van der Waals surface area contributed by atoms with Crippen LogP contribution in [0.1, 0.15) is 6.92 Å².